The summed E-state index contributed by atoms with van der Waals surface area (Å²) in [5.74, 6) is -2.02. The fourth-order valence-corrected chi connectivity index (χ4v) is 3.40. The molecule has 1 unspecified atom stereocenters. The third-order valence-corrected chi connectivity index (χ3v) is 4.95. The van der Waals surface area contributed by atoms with Gasteiger partial charge in [0.1, 0.15) is 0 Å². The summed E-state index contributed by atoms with van der Waals surface area (Å²) in [5.41, 5.74) is 0.627. The number of aliphatic hydroxyl groups is 1. The molecule has 7 nitrogen and oxygen atoms in total. The SMILES string of the molecule is CCCOC(=O)c1ccc(N2C(=O)C(O)=C(C(=O)C(C)(C)C)C2c2cccnc2)cc1. The summed E-state index contributed by atoms with van der Waals surface area (Å²) in [4.78, 5) is 43.7. The van der Waals surface area contributed by atoms with E-state index < -0.39 is 29.1 Å². The van der Waals surface area contributed by atoms with Crippen LogP contribution in [0.2, 0.25) is 0 Å². The summed E-state index contributed by atoms with van der Waals surface area (Å²) in [6, 6.07) is 8.94. The van der Waals surface area contributed by atoms with Gasteiger partial charge in [-0.05, 0) is 42.3 Å². The second-order valence-electron chi connectivity index (χ2n) is 8.39. The van der Waals surface area contributed by atoms with Crippen molar-refractivity contribution < 1.29 is 24.2 Å². The molecule has 0 aliphatic carbocycles. The zero-order valence-corrected chi connectivity index (χ0v) is 18.1. The van der Waals surface area contributed by atoms with Crippen LogP contribution in [0, 0.1) is 5.41 Å². The Kier molecular flexibility index (Phi) is 6.24. The minimum atomic E-state index is -0.828. The first-order chi connectivity index (χ1) is 14.7. The topological polar surface area (TPSA) is 96.8 Å². The van der Waals surface area contributed by atoms with Gasteiger partial charge in [-0.15, -0.1) is 0 Å². The van der Waals surface area contributed by atoms with Crippen LogP contribution >= 0.6 is 0 Å². The average Bonchev–Trinajstić information content (AvgIpc) is 3.02. The second kappa shape index (κ2) is 8.71. The fourth-order valence-electron chi connectivity index (χ4n) is 3.40. The zero-order chi connectivity index (χ0) is 22.8. The minimum absolute atomic E-state index is 0.0388. The molecule has 1 aromatic heterocycles. The fraction of sp³-hybridized carbons (Fsp3) is 0.333. The van der Waals surface area contributed by atoms with Crippen LogP contribution < -0.4 is 4.90 Å². The monoisotopic (exact) mass is 422 g/mol. The van der Waals surface area contributed by atoms with Crippen molar-refractivity contribution in [3.05, 3.63) is 71.3 Å². The van der Waals surface area contributed by atoms with Crippen molar-refractivity contribution in [1.29, 1.82) is 0 Å². The second-order valence-corrected chi connectivity index (χ2v) is 8.39. The number of aliphatic hydroxyl groups excluding tert-OH is 1. The number of aromatic nitrogens is 1. The number of esters is 1. The lowest BCUT2D eigenvalue weighted by Gasteiger charge is -2.28. The Morgan fingerprint density at radius 3 is 2.39 bits per heavy atom. The molecule has 1 atom stereocenters. The first-order valence-corrected chi connectivity index (χ1v) is 10.2. The summed E-state index contributed by atoms with van der Waals surface area (Å²) < 4.78 is 5.14. The van der Waals surface area contributed by atoms with Gasteiger partial charge < -0.3 is 9.84 Å². The number of carbonyl (C=O) groups is 3. The molecule has 0 spiro atoms. The number of hydrogen-bond donors (Lipinski definition) is 1. The van der Waals surface area contributed by atoms with E-state index in [0.717, 1.165) is 0 Å². The Hall–Kier alpha value is -3.48. The average molecular weight is 422 g/mol. The Morgan fingerprint density at radius 1 is 1.16 bits per heavy atom. The van der Waals surface area contributed by atoms with Crippen molar-refractivity contribution in [1.82, 2.24) is 4.98 Å². The Morgan fingerprint density at radius 2 is 1.84 bits per heavy atom. The van der Waals surface area contributed by atoms with E-state index in [9.17, 15) is 19.5 Å². The standard InChI is InChI=1S/C24H26N2O5/c1-5-13-31-23(30)15-8-10-17(11-9-15)26-19(16-7-6-12-25-14-16)18(20(27)22(26)29)21(28)24(2,3)4/h6-12,14,19,27H,5,13H2,1-4H3. The van der Waals surface area contributed by atoms with Gasteiger partial charge in [0, 0.05) is 23.5 Å². The van der Waals surface area contributed by atoms with E-state index >= 15 is 0 Å². The predicted octanol–water partition coefficient (Wildman–Crippen LogP) is 4.16. The maximum atomic E-state index is 13.1. The molecule has 1 amide bonds. The highest BCUT2D eigenvalue weighted by Gasteiger charge is 2.46. The largest absolute Gasteiger partial charge is 0.503 e. The first-order valence-electron chi connectivity index (χ1n) is 10.2. The quantitative estimate of drug-likeness (QED) is 0.702. The molecule has 3 rings (SSSR count). The molecule has 2 aromatic rings. The molecule has 1 N–H and O–H groups in total. The van der Waals surface area contributed by atoms with E-state index in [-0.39, 0.29) is 11.4 Å². The number of benzene rings is 1. The zero-order valence-electron chi connectivity index (χ0n) is 18.1. The van der Waals surface area contributed by atoms with Crippen LogP contribution in [-0.2, 0) is 14.3 Å². The number of ether oxygens (including phenoxy) is 1. The van der Waals surface area contributed by atoms with Crippen LogP contribution in [0.15, 0.2) is 60.1 Å². The molecule has 0 bridgehead atoms. The van der Waals surface area contributed by atoms with Crippen LogP contribution in [0.4, 0.5) is 5.69 Å². The van der Waals surface area contributed by atoms with Crippen LogP contribution in [-0.4, -0.2) is 34.4 Å². The van der Waals surface area contributed by atoms with E-state index in [1.807, 2.05) is 6.92 Å². The number of rotatable bonds is 6. The molecule has 0 saturated carbocycles. The van der Waals surface area contributed by atoms with Crippen molar-refractivity contribution in [2.24, 2.45) is 5.41 Å². The van der Waals surface area contributed by atoms with Gasteiger partial charge in [-0.3, -0.25) is 19.5 Å². The number of Topliss-reactive ketones (excluding diaryl/α,β-unsaturated/α-hetero) is 1. The number of ketones is 1. The molecular formula is C24H26N2O5. The van der Waals surface area contributed by atoms with Crippen molar-refractivity contribution >= 4 is 23.3 Å². The molecule has 0 fully saturated rings. The highest BCUT2D eigenvalue weighted by atomic mass is 16.5. The molecule has 162 valence electrons. The maximum absolute atomic E-state index is 13.1. The normalized spacial score (nSPS) is 16.6. The van der Waals surface area contributed by atoms with Gasteiger partial charge in [-0.25, -0.2) is 4.79 Å². The molecule has 0 saturated heterocycles. The third kappa shape index (κ3) is 4.35. The van der Waals surface area contributed by atoms with E-state index in [1.165, 1.54) is 4.90 Å². The summed E-state index contributed by atoms with van der Waals surface area (Å²) >= 11 is 0. The van der Waals surface area contributed by atoms with Crippen molar-refractivity contribution in [3.8, 4) is 0 Å². The predicted molar refractivity (Wildman–Crippen MR) is 116 cm³/mol. The van der Waals surface area contributed by atoms with Crippen LogP contribution in [0.1, 0.15) is 56.1 Å². The highest BCUT2D eigenvalue weighted by Crippen LogP contribution is 2.43. The number of hydrogen-bond acceptors (Lipinski definition) is 6. The molecule has 1 aromatic carbocycles. The molecule has 7 heteroatoms. The number of carbonyl (C=O) groups excluding carboxylic acids is 3. The lowest BCUT2D eigenvalue weighted by molar-refractivity contribution is -0.123. The first kappa shape index (κ1) is 22.2. The van der Waals surface area contributed by atoms with Crippen molar-refractivity contribution in [2.45, 2.75) is 40.2 Å². The van der Waals surface area contributed by atoms with Gasteiger partial charge >= 0.3 is 5.97 Å². The number of amides is 1. The van der Waals surface area contributed by atoms with Gasteiger partial charge in [-0.2, -0.15) is 0 Å². The van der Waals surface area contributed by atoms with Crippen LogP contribution in [0.25, 0.3) is 0 Å². The number of pyridine rings is 1. The smallest absolute Gasteiger partial charge is 0.338 e. The van der Waals surface area contributed by atoms with E-state index in [1.54, 1.807) is 69.6 Å². The number of anilines is 1. The molecular weight excluding hydrogens is 396 g/mol. The van der Waals surface area contributed by atoms with Gasteiger partial charge in [-0.1, -0.05) is 33.8 Å². The summed E-state index contributed by atoms with van der Waals surface area (Å²) in [6.45, 7) is 7.44. The Labute approximate surface area is 181 Å². The van der Waals surface area contributed by atoms with Gasteiger partial charge in [0.2, 0.25) is 0 Å². The van der Waals surface area contributed by atoms with Gasteiger partial charge in [0.15, 0.2) is 11.5 Å². The van der Waals surface area contributed by atoms with Gasteiger partial charge in [0.05, 0.1) is 23.8 Å². The molecule has 31 heavy (non-hydrogen) atoms. The van der Waals surface area contributed by atoms with Crippen molar-refractivity contribution in [2.75, 3.05) is 11.5 Å². The lowest BCUT2D eigenvalue weighted by Crippen LogP contribution is -2.32. The molecule has 2 heterocycles. The maximum Gasteiger partial charge on any atom is 0.338 e. The Bertz CT molecular complexity index is 1020. The molecule has 0 radical (unpaired) electrons. The van der Waals surface area contributed by atoms with E-state index in [0.29, 0.717) is 29.8 Å². The Balaban J connectivity index is 2.04. The molecule has 1 aliphatic rings. The highest BCUT2D eigenvalue weighted by molar-refractivity contribution is 6.17. The summed E-state index contributed by atoms with van der Waals surface area (Å²) in [7, 11) is 0. The van der Waals surface area contributed by atoms with Crippen LogP contribution in [0.5, 0.6) is 0 Å². The lowest BCUT2D eigenvalue weighted by atomic mass is 9.82. The van der Waals surface area contributed by atoms with Gasteiger partial charge in [0.25, 0.3) is 5.91 Å². The third-order valence-electron chi connectivity index (χ3n) is 4.95. The number of nitrogens with zero attached hydrogens (tertiary/aromatic N) is 2. The summed E-state index contributed by atoms with van der Waals surface area (Å²) in [6.07, 6.45) is 3.88. The summed E-state index contributed by atoms with van der Waals surface area (Å²) in [5, 5.41) is 10.7. The minimum Gasteiger partial charge on any atom is -0.503 e. The molecule has 1 aliphatic heterocycles. The van der Waals surface area contributed by atoms with E-state index in [4.69, 9.17) is 4.74 Å². The van der Waals surface area contributed by atoms with Crippen LogP contribution in [0.3, 0.4) is 0 Å². The van der Waals surface area contributed by atoms with Crippen molar-refractivity contribution in [3.63, 3.8) is 0 Å². The van der Waals surface area contributed by atoms with E-state index in [2.05, 4.69) is 4.98 Å².